The molecule has 0 aliphatic heterocycles. The van der Waals surface area contributed by atoms with Crippen molar-refractivity contribution in [2.24, 2.45) is 17.8 Å². The van der Waals surface area contributed by atoms with Gasteiger partial charge in [-0.3, -0.25) is 4.79 Å². The molecule has 2 nitrogen and oxygen atoms in total. The summed E-state index contributed by atoms with van der Waals surface area (Å²) in [4.78, 5) is 11.4. The smallest absolute Gasteiger partial charge is 0.153 e. The van der Waals surface area contributed by atoms with Gasteiger partial charge in [0.05, 0.1) is 12.2 Å². The lowest BCUT2D eigenvalue weighted by molar-refractivity contribution is -0.00521. The zero-order chi connectivity index (χ0) is 14.4. The lowest BCUT2D eigenvalue weighted by Crippen LogP contribution is -2.48. The minimum absolute atomic E-state index is 0.358. The molecule has 5 rings (SSSR count). The molecule has 1 aromatic carbocycles. The molecule has 0 unspecified atom stereocenters. The summed E-state index contributed by atoms with van der Waals surface area (Å²) in [5.74, 6) is 3.54. The van der Waals surface area contributed by atoms with Gasteiger partial charge in [0.25, 0.3) is 0 Å². The summed E-state index contributed by atoms with van der Waals surface area (Å²) in [5, 5.41) is 0. The number of rotatable bonds is 4. The molecule has 4 saturated carbocycles. The van der Waals surface area contributed by atoms with Gasteiger partial charge in [0.2, 0.25) is 0 Å². The van der Waals surface area contributed by atoms with Gasteiger partial charge in [0.15, 0.2) is 6.29 Å². The van der Waals surface area contributed by atoms with E-state index in [1.807, 2.05) is 13.0 Å². The minimum atomic E-state index is 0.358. The van der Waals surface area contributed by atoms with Crippen molar-refractivity contribution in [1.82, 2.24) is 0 Å². The average Bonchev–Trinajstić information content (AvgIpc) is 2.46. The number of hydrogen-bond acceptors (Lipinski definition) is 2. The van der Waals surface area contributed by atoms with Gasteiger partial charge in [-0.25, -0.2) is 0 Å². The molecule has 112 valence electrons. The number of hydrogen-bond donors (Lipinski definition) is 0. The second-order valence-electron chi connectivity index (χ2n) is 7.50. The van der Waals surface area contributed by atoms with Gasteiger partial charge in [0, 0.05) is 0 Å². The Morgan fingerprint density at radius 3 is 2.29 bits per heavy atom. The van der Waals surface area contributed by atoms with E-state index in [1.165, 1.54) is 44.1 Å². The third-order valence-corrected chi connectivity index (χ3v) is 6.09. The Kier molecular flexibility index (Phi) is 3.09. The van der Waals surface area contributed by atoms with Crippen LogP contribution in [0.5, 0.6) is 5.75 Å². The highest BCUT2D eigenvalue weighted by Crippen LogP contribution is 2.60. The second kappa shape index (κ2) is 4.86. The fraction of sp³-hybridized carbons (Fsp3) is 0.632. The number of aldehydes is 1. The lowest BCUT2D eigenvalue weighted by atomic mass is 9.48. The average molecular weight is 284 g/mol. The van der Waals surface area contributed by atoms with E-state index >= 15 is 0 Å². The first-order valence-corrected chi connectivity index (χ1v) is 8.45. The van der Waals surface area contributed by atoms with E-state index < -0.39 is 0 Å². The van der Waals surface area contributed by atoms with Crippen LogP contribution in [0, 0.1) is 17.8 Å². The van der Waals surface area contributed by atoms with Gasteiger partial charge in [-0.2, -0.15) is 0 Å². The van der Waals surface area contributed by atoms with Crippen LogP contribution in [0.1, 0.15) is 61.4 Å². The maximum Gasteiger partial charge on any atom is 0.153 e. The Hall–Kier alpha value is -1.31. The molecular weight excluding hydrogens is 260 g/mol. The molecule has 0 aromatic heterocycles. The molecule has 0 atom stereocenters. The largest absolute Gasteiger partial charge is 0.493 e. The SMILES string of the molecule is CCOc1ccc(C23CC4CC(CC(C4)C2)C3)cc1C=O. The van der Waals surface area contributed by atoms with Gasteiger partial charge in [-0.05, 0) is 86.3 Å². The van der Waals surface area contributed by atoms with Gasteiger partial charge in [0.1, 0.15) is 5.75 Å². The predicted octanol–water partition coefficient (Wildman–Crippen LogP) is 4.37. The molecule has 2 heteroatoms. The molecule has 21 heavy (non-hydrogen) atoms. The highest BCUT2D eigenvalue weighted by Gasteiger charge is 2.51. The quantitative estimate of drug-likeness (QED) is 0.768. The van der Waals surface area contributed by atoms with E-state index in [4.69, 9.17) is 4.74 Å². The van der Waals surface area contributed by atoms with E-state index in [0.29, 0.717) is 12.0 Å². The van der Waals surface area contributed by atoms with E-state index in [9.17, 15) is 4.79 Å². The lowest BCUT2D eigenvalue weighted by Gasteiger charge is -2.57. The van der Waals surface area contributed by atoms with Crippen LogP contribution in [0.25, 0.3) is 0 Å². The van der Waals surface area contributed by atoms with Crippen LogP contribution in [0.4, 0.5) is 0 Å². The Balaban J connectivity index is 1.71. The molecule has 4 fully saturated rings. The first-order chi connectivity index (χ1) is 10.2. The summed E-state index contributed by atoms with van der Waals surface area (Å²) in [6.07, 6.45) is 9.33. The molecule has 0 N–H and O–H groups in total. The van der Waals surface area contributed by atoms with Gasteiger partial charge < -0.3 is 4.74 Å². The molecule has 0 radical (unpaired) electrons. The summed E-state index contributed by atoms with van der Waals surface area (Å²) in [6.45, 7) is 2.57. The first-order valence-electron chi connectivity index (χ1n) is 8.45. The molecule has 1 aromatic rings. The molecule has 4 aliphatic rings. The second-order valence-corrected chi connectivity index (χ2v) is 7.50. The van der Waals surface area contributed by atoms with Crippen LogP contribution in [0.15, 0.2) is 18.2 Å². The third-order valence-electron chi connectivity index (χ3n) is 6.09. The summed E-state index contributed by atoms with van der Waals surface area (Å²) >= 11 is 0. The molecule has 0 saturated heterocycles. The minimum Gasteiger partial charge on any atom is -0.493 e. The van der Waals surface area contributed by atoms with Crippen LogP contribution in [0.3, 0.4) is 0 Å². The van der Waals surface area contributed by atoms with Crippen LogP contribution >= 0.6 is 0 Å². The fourth-order valence-electron chi connectivity index (χ4n) is 5.72. The van der Waals surface area contributed by atoms with Crippen molar-refractivity contribution < 1.29 is 9.53 Å². The Labute approximate surface area is 126 Å². The van der Waals surface area contributed by atoms with Gasteiger partial charge >= 0.3 is 0 Å². The van der Waals surface area contributed by atoms with Crippen LogP contribution in [0.2, 0.25) is 0 Å². The van der Waals surface area contributed by atoms with E-state index in [1.54, 1.807) is 0 Å². The first kappa shape index (κ1) is 13.4. The van der Waals surface area contributed by atoms with Crippen molar-refractivity contribution in [2.45, 2.75) is 50.9 Å². The number of ether oxygens (including phenoxy) is 1. The van der Waals surface area contributed by atoms with E-state index in [2.05, 4.69) is 12.1 Å². The van der Waals surface area contributed by atoms with Crippen LogP contribution < -0.4 is 4.74 Å². The van der Waals surface area contributed by atoms with Gasteiger partial charge in [-0.1, -0.05) is 6.07 Å². The van der Waals surface area contributed by atoms with Crippen molar-refractivity contribution in [3.8, 4) is 5.75 Å². The highest BCUT2D eigenvalue weighted by atomic mass is 16.5. The predicted molar refractivity (Wildman–Crippen MR) is 82.8 cm³/mol. The fourth-order valence-corrected chi connectivity index (χ4v) is 5.72. The number of carbonyl (C=O) groups excluding carboxylic acids is 1. The zero-order valence-electron chi connectivity index (χ0n) is 12.8. The molecular formula is C19H24O2. The summed E-state index contributed by atoms with van der Waals surface area (Å²) in [6, 6.07) is 6.36. The molecule has 0 amide bonds. The molecule has 0 spiro atoms. The topological polar surface area (TPSA) is 26.3 Å². The maximum absolute atomic E-state index is 11.4. The Morgan fingerprint density at radius 2 is 1.76 bits per heavy atom. The monoisotopic (exact) mass is 284 g/mol. The molecule has 0 heterocycles. The van der Waals surface area contributed by atoms with Crippen molar-refractivity contribution in [3.05, 3.63) is 29.3 Å². The van der Waals surface area contributed by atoms with Gasteiger partial charge in [-0.15, -0.1) is 0 Å². The molecule has 4 bridgehead atoms. The van der Waals surface area contributed by atoms with Crippen molar-refractivity contribution in [2.75, 3.05) is 6.61 Å². The van der Waals surface area contributed by atoms with E-state index in [0.717, 1.165) is 35.4 Å². The van der Waals surface area contributed by atoms with Crippen molar-refractivity contribution in [3.63, 3.8) is 0 Å². The van der Waals surface area contributed by atoms with Crippen LogP contribution in [-0.4, -0.2) is 12.9 Å². The zero-order valence-corrected chi connectivity index (χ0v) is 12.8. The number of carbonyl (C=O) groups is 1. The Morgan fingerprint density at radius 1 is 1.14 bits per heavy atom. The van der Waals surface area contributed by atoms with Crippen molar-refractivity contribution >= 4 is 6.29 Å². The van der Waals surface area contributed by atoms with E-state index in [-0.39, 0.29) is 0 Å². The summed E-state index contributed by atoms with van der Waals surface area (Å²) in [7, 11) is 0. The standard InChI is InChI=1S/C19H24O2/c1-2-21-18-4-3-17(8-16(18)12-20)19-9-13-5-14(10-19)7-15(6-13)11-19/h3-4,8,12-15H,2,5-7,9-11H2,1H3. The highest BCUT2D eigenvalue weighted by molar-refractivity contribution is 5.79. The van der Waals surface area contributed by atoms with Crippen LogP contribution in [-0.2, 0) is 5.41 Å². The summed E-state index contributed by atoms with van der Waals surface area (Å²) in [5.41, 5.74) is 2.48. The van der Waals surface area contributed by atoms with Crippen molar-refractivity contribution in [1.29, 1.82) is 0 Å². The third kappa shape index (κ3) is 2.11. The maximum atomic E-state index is 11.4. The summed E-state index contributed by atoms with van der Waals surface area (Å²) < 4.78 is 5.57. The Bertz CT molecular complexity index is 525. The molecule has 4 aliphatic carbocycles. The normalized spacial score (nSPS) is 36.7. The number of benzene rings is 1.